The van der Waals surface area contributed by atoms with Gasteiger partial charge in [-0.3, -0.25) is 0 Å². The van der Waals surface area contributed by atoms with E-state index >= 15 is 0 Å². The van der Waals surface area contributed by atoms with E-state index < -0.39 is 0 Å². The van der Waals surface area contributed by atoms with Crippen LogP contribution in [0.4, 0.5) is 0 Å². The first-order valence-corrected chi connectivity index (χ1v) is 13.6. The van der Waals surface area contributed by atoms with Crippen molar-refractivity contribution in [3.63, 3.8) is 0 Å². The van der Waals surface area contributed by atoms with Gasteiger partial charge in [0.1, 0.15) is 0 Å². The molecule has 5 aliphatic rings. The Morgan fingerprint density at radius 2 is 1.50 bits per heavy atom. The SMILES string of the molecule is CC(C)[C@H]1CC[C@H]2C3=CC[C@@H]4[C@@]5(C)CCCC(C)(C)[C@@H]5CC[C@@]4(C)[C@]3(C)CC[C@]12C. The van der Waals surface area contributed by atoms with Gasteiger partial charge in [0, 0.05) is 0 Å². The minimum atomic E-state index is 0.446. The number of hydrogen-bond acceptors (Lipinski definition) is 0. The van der Waals surface area contributed by atoms with Gasteiger partial charge in [-0.25, -0.2) is 0 Å². The maximum absolute atomic E-state index is 2.85. The van der Waals surface area contributed by atoms with E-state index in [1.807, 2.05) is 5.57 Å². The average molecular weight is 411 g/mol. The summed E-state index contributed by atoms with van der Waals surface area (Å²) in [6.45, 7) is 21.1. The van der Waals surface area contributed by atoms with Crippen molar-refractivity contribution in [1.82, 2.24) is 0 Å². The van der Waals surface area contributed by atoms with Crippen molar-refractivity contribution >= 4 is 0 Å². The molecule has 0 aromatic carbocycles. The van der Waals surface area contributed by atoms with Crippen molar-refractivity contribution in [2.45, 2.75) is 120 Å². The molecule has 8 atom stereocenters. The highest BCUT2D eigenvalue weighted by Crippen LogP contribution is 2.76. The third kappa shape index (κ3) is 2.46. The third-order valence-electron chi connectivity index (χ3n) is 13.0. The smallest absolute Gasteiger partial charge is 0.00565 e. The molecule has 0 N–H and O–H groups in total. The fourth-order valence-corrected chi connectivity index (χ4v) is 11.3. The lowest BCUT2D eigenvalue weighted by atomic mass is 9.34. The van der Waals surface area contributed by atoms with Gasteiger partial charge in [-0.1, -0.05) is 73.5 Å². The van der Waals surface area contributed by atoms with Gasteiger partial charge in [0.05, 0.1) is 0 Å². The summed E-state index contributed by atoms with van der Waals surface area (Å²) in [7, 11) is 0. The molecule has 0 amide bonds. The molecule has 5 aliphatic carbocycles. The summed E-state index contributed by atoms with van der Waals surface area (Å²) in [5.41, 5.74) is 4.55. The van der Waals surface area contributed by atoms with E-state index in [-0.39, 0.29) is 0 Å². The Morgan fingerprint density at radius 3 is 2.20 bits per heavy atom. The first-order chi connectivity index (χ1) is 13.9. The van der Waals surface area contributed by atoms with Crippen molar-refractivity contribution in [2.75, 3.05) is 0 Å². The number of allylic oxidation sites excluding steroid dienone is 2. The number of hydrogen-bond donors (Lipinski definition) is 0. The molecule has 0 aromatic heterocycles. The summed E-state index contributed by atoms with van der Waals surface area (Å²) in [6.07, 6.45) is 17.4. The Labute approximate surface area is 188 Å². The Kier molecular flexibility index (Phi) is 4.61. The van der Waals surface area contributed by atoms with Crippen LogP contribution in [0.5, 0.6) is 0 Å². The third-order valence-corrected chi connectivity index (χ3v) is 13.0. The molecule has 5 rings (SSSR count). The summed E-state index contributed by atoms with van der Waals surface area (Å²) < 4.78 is 0. The number of rotatable bonds is 1. The lowest BCUT2D eigenvalue weighted by Crippen LogP contribution is -2.62. The zero-order valence-electron chi connectivity index (χ0n) is 21.5. The van der Waals surface area contributed by atoms with Crippen LogP contribution in [0.15, 0.2) is 11.6 Å². The van der Waals surface area contributed by atoms with Crippen molar-refractivity contribution in [1.29, 1.82) is 0 Å². The zero-order chi connectivity index (χ0) is 21.7. The van der Waals surface area contributed by atoms with Crippen LogP contribution in [0, 0.1) is 56.7 Å². The lowest BCUT2D eigenvalue weighted by molar-refractivity contribution is -0.176. The second-order valence-corrected chi connectivity index (χ2v) is 14.6. The van der Waals surface area contributed by atoms with E-state index in [1.54, 1.807) is 0 Å². The summed E-state index contributed by atoms with van der Waals surface area (Å²) >= 11 is 0. The van der Waals surface area contributed by atoms with E-state index in [9.17, 15) is 0 Å². The highest BCUT2D eigenvalue weighted by atomic mass is 14.7. The van der Waals surface area contributed by atoms with Crippen LogP contribution < -0.4 is 0 Å². The fraction of sp³-hybridized carbons (Fsp3) is 0.933. The molecular weight excluding hydrogens is 360 g/mol. The van der Waals surface area contributed by atoms with Gasteiger partial charge in [-0.05, 0) is 114 Å². The highest BCUT2D eigenvalue weighted by molar-refractivity contribution is 5.33. The molecule has 0 heterocycles. The van der Waals surface area contributed by atoms with Gasteiger partial charge in [0.25, 0.3) is 0 Å². The predicted octanol–water partition coefficient (Wildman–Crippen LogP) is 9.05. The normalized spacial score (nSPS) is 54.6. The second kappa shape index (κ2) is 6.41. The zero-order valence-corrected chi connectivity index (χ0v) is 21.5. The standard InChI is InChI=1S/C30H50/c1-20(2)21-10-11-22-23-12-13-25-28(6)16-9-15-26(3,4)24(28)14-17-30(25,8)29(23,7)19-18-27(21,22)5/h12,20-22,24-25H,9-11,13-19H2,1-8H3/t21-,22+,24+,25-,27-,28+,29-,30-/m1/s1. The maximum atomic E-state index is 2.85. The minimum absolute atomic E-state index is 0.446. The van der Waals surface area contributed by atoms with Crippen LogP contribution in [0.2, 0.25) is 0 Å². The summed E-state index contributed by atoms with van der Waals surface area (Å²) in [5, 5.41) is 0. The van der Waals surface area contributed by atoms with Crippen LogP contribution in [-0.4, -0.2) is 0 Å². The van der Waals surface area contributed by atoms with Crippen LogP contribution in [0.1, 0.15) is 120 Å². The first kappa shape index (κ1) is 21.6. The summed E-state index contributed by atoms with van der Waals surface area (Å²) in [6, 6.07) is 0. The molecule has 30 heavy (non-hydrogen) atoms. The first-order valence-electron chi connectivity index (χ1n) is 13.6. The van der Waals surface area contributed by atoms with Gasteiger partial charge in [-0.15, -0.1) is 0 Å². The highest BCUT2D eigenvalue weighted by Gasteiger charge is 2.67. The largest absolute Gasteiger partial charge is 0.0841 e. The Bertz CT molecular complexity index is 741. The molecule has 0 radical (unpaired) electrons. The molecular formula is C30H50. The van der Waals surface area contributed by atoms with Gasteiger partial charge < -0.3 is 0 Å². The Balaban J connectivity index is 1.56. The van der Waals surface area contributed by atoms with Crippen molar-refractivity contribution in [3.8, 4) is 0 Å². The molecule has 170 valence electrons. The molecule has 0 nitrogen and oxygen atoms in total. The minimum Gasteiger partial charge on any atom is -0.0841 e. The Morgan fingerprint density at radius 1 is 0.767 bits per heavy atom. The number of fused-ring (bicyclic) bond motifs is 7. The van der Waals surface area contributed by atoms with E-state index in [1.165, 1.54) is 64.2 Å². The topological polar surface area (TPSA) is 0 Å². The predicted molar refractivity (Wildman–Crippen MR) is 129 cm³/mol. The van der Waals surface area contributed by atoms with Crippen LogP contribution >= 0.6 is 0 Å². The van der Waals surface area contributed by atoms with Gasteiger partial charge >= 0.3 is 0 Å². The van der Waals surface area contributed by atoms with E-state index in [0.29, 0.717) is 27.1 Å². The lowest BCUT2D eigenvalue weighted by Gasteiger charge is -2.70. The summed E-state index contributed by atoms with van der Waals surface area (Å²) in [4.78, 5) is 0. The molecule has 0 bridgehead atoms. The monoisotopic (exact) mass is 410 g/mol. The van der Waals surface area contributed by atoms with Crippen molar-refractivity contribution in [2.24, 2.45) is 56.7 Å². The van der Waals surface area contributed by atoms with Crippen LogP contribution in [0.3, 0.4) is 0 Å². The molecule has 0 saturated heterocycles. The van der Waals surface area contributed by atoms with Gasteiger partial charge in [0.15, 0.2) is 0 Å². The van der Waals surface area contributed by atoms with Crippen molar-refractivity contribution < 1.29 is 0 Å². The van der Waals surface area contributed by atoms with Gasteiger partial charge in [0.2, 0.25) is 0 Å². The van der Waals surface area contributed by atoms with Gasteiger partial charge in [-0.2, -0.15) is 0 Å². The molecule has 0 aliphatic heterocycles. The van der Waals surface area contributed by atoms with E-state index in [0.717, 1.165) is 29.6 Å². The van der Waals surface area contributed by atoms with Crippen molar-refractivity contribution in [3.05, 3.63) is 11.6 Å². The Hall–Kier alpha value is -0.260. The second-order valence-electron chi connectivity index (χ2n) is 14.6. The molecule has 4 saturated carbocycles. The maximum Gasteiger partial charge on any atom is -0.00565 e. The molecule has 0 unspecified atom stereocenters. The molecule has 4 fully saturated rings. The summed E-state index contributed by atoms with van der Waals surface area (Å²) in [5.74, 6) is 4.47. The van der Waals surface area contributed by atoms with E-state index in [2.05, 4.69) is 61.5 Å². The molecule has 0 heteroatoms. The van der Waals surface area contributed by atoms with E-state index in [4.69, 9.17) is 0 Å². The van der Waals surface area contributed by atoms with Crippen LogP contribution in [0.25, 0.3) is 0 Å². The molecule has 0 spiro atoms. The quantitative estimate of drug-likeness (QED) is 0.378. The molecule has 0 aromatic rings. The fourth-order valence-electron chi connectivity index (χ4n) is 11.3. The van der Waals surface area contributed by atoms with Crippen LogP contribution in [-0.2, 0) is 0 Å². The average Bonchev–Trinajstić information content (AvgIpc) is 2.99.